The van der Waals surface area contributed by atoms with Crippen molar-refractivity contribution in [2.45, 2.75) is 12.6 Å². The van der Waals surface area contributed by atoms with Crippen molar-refractivity contribution in [1.82, 2.24) is 0 Å². The summed E-state index contributed by atoms with van der Waals surface area (Å²) in [6, 6.07) is 0. The topological polar surface area (TPSA) is 0 Å². The van der Waals surface area contributed by atoms with Crippen molar-refractivity contribution in [3.63, 3.8) is 0 Å². The molecule has 0 heterocycles. The zero-order chi connectivity index (χ0) is 5.86. The molecule has 0 aliphatic rings. The molecule has 0 aromatic rings. The van der Waals surface area contributed by atoms with Gasteiger partial charge in [0.15, 0.2) is 5.63 Å². The lowest BCUT2D eigenvalue weighted by atomic mass is 10.2. The molecule has 0 nitrogen and oxygen atoms in total. The van der Waals surface area contributed by atoms with Crippen LogP contribution in [0.25, 0.3) is 0 Å². The fourth-order valence-corrected chi connectivity index (χ4v) is 0.206. The van der Waals surface area contributed by atoms with Crippen molar-refractivity contribution in [3.8, 4) is 0 Å². The Kier molecular flexibility index (Phi) is 3.01. The SMILES string of the molecule is C=CC(C)C(F)Cl. The minimum atomic E-state index is -1.28. The normalized spacial score (nSPS) is 18.1. The van der Waals surface area contributed by atoms with Gasteiger partial charge in [-0.15, -0.1) is 6.58 Å². The van der Waals surface area contributed by atoms with Crippen molar-refractivity contribution in [2.75, 3.05) is 0 Å². The lowest BCUT2D eigenvalue weighted by Crippen LogP contribution is -1.99. The van der Waals surface area contributed by atoms with E-state index in [9.17, 15) is 4.39 Å². The number of halogens is 2. The maximum Gasteiger partial charge on any atom is 0.179 e. The van der Waals surface area contributed by atoms with E-state index in [2.05, 4.69) is 6.58 Å². The molecule has 2 atom stereocenters. The molecule has 0 fully saturated rings. The smallest absolute Gasteiger partial charge is 0.179 e. The molecule has 7 heavy (non-hydrogen) atoms. The van der Waals surface area contributed by atoms with Gasteiger partial charge in [0.25, 0.3) is 0 Å². The van der Waals surface area contributed by atoms with Gasteiger partial charge in [-0.25, -0.2) is 4.39 Å². The summed E-state index contributed by atoms with van der Waals surface area (Å²) in [5.41, 5.74) is -1.28. The average Bonchev–Trinajstić information content (AvgIpc) is 1.65. The first kappa shape index (κ1) is 6.96. The molecular weight excluding hydrogens is 115 g/mol. The molecule has 0 saturated carbocycles. The van der Waals surface area contributed by atoms with Gasteiger partial charge in [-0.2, -0.15) is 0 Å². The van der Waals surface area contributed by atoms with E-state index in [4.69, 9.17) is 11.6 Å². The first-order chi connectivity index (χ1) is 3.18. The van der Waals surface area contributed by atoms with Gasteiger partial charge in [-0.05, 0) is 0 Å². The van der Waals surface area contributed by atoms with Gasteiger partial charge in [0, 0.05) is 5.92 Å². The Hall–Kier alpha value is -0.0400. The van der Waals surface area contributed by atoms with Gasteiger partial charge in [0.1, 0.15) is 0 Å². The van der Waals surface area contributed by atoms with E-state index in [1.54, 1.807) is 6.92 Å². The first-order valence-corrected chi connectivity index (χ1v) is 2.53. The Balaban J connectivity index is 3.33. The van der Waals surface area contributed by atoms with Gasteiger partial charge in [-0.3, -0.25) is 0 Å². The highest BCUT2D eigenvalue weighted by molar-refractivity contribution is 6.19. The maximum absolute atomic E-state index is 11.8. The number of rotatable bonds is 2. The number of hydrogen-bond donors (Lipinski definition) is 0. The summed E-state index contributed by atoms with van der Waals surface area (Å²) < 4.78 is 11.8. The standard InChI is InChI=1S/C5H8ClF/c1-3-4(2)5(6)7/h3-5H,1H2,2H3. The molecule has 0 amide bonds. The van der Waals surface area contributed by atoms with E-state index in [0.29, 0.717) is 0 Å². The van der Waals surface area contributed by atoms with Crippen molar-refractivity contribution in [2.24, 2.45) is 5.92 Å². The molecular formula is C5H8ClF. The molecule has 0 aliphatic heterocycles. The van der Waals surface area contributed by atoms with Gasteiger partial charge in [0.05, 0.1) is 0 Å². The number of allylic oxidation sites excluding steroid dienone is 1. The first-order valence-electron chi connectivity index (χ1n) is 2.09. The molecule has 0 rings (SSSR count). The predicted molar refractivity (Wildman–Crippen MR) is 30.1 cm³/mol. The molecule has 0 spiro atoms. The number of alkyl halides is 2. The van der Waals surface area contributed by atoms with E-state index < -0.39 is 5.63 Å². The summed E-state index contributed by atoms with van der Waals surface area (Å²) in [7, 11) is 0. The van der Waals surface area contributed by atoms with Gasteiger partial charge in [0.2, 0.25) is 0 Å². The van der Waals surface area contributed by atoms with Crippen LogP contribution in [0.5, 0.6) is 0 Å². The molecule has 0 bridgehead atoms. The van der Waals surface area contributed by atoms with E-state index in [0.717, 1.165) is 0 Å². The van der Waals surface area contributed by atoms with E-state index >= 15 is 0 Å². The van der Waals surface area contributed by atoms with E-state index in [1.807, 2.05) is 0 Å². The van der Waals surface area contributed by atoms with Crippen LogP contribution in [-0.2, 0) is 0 Å². The Bertz CT molecular complexity index is 61.1. The van der Waals surface area contributed by atoms with Crippen molar-refractivity contribution in [3.05, 3.63) is 12.7 Å². The summed E-state index contributed by atoms with van der Waals surface area (Å²) in [4.78, 5) is 0. The maximum atomic E-state index is 11.8. The summed E-state index contributed by atoms with van der Waals surface area (Å²) in [6.07, 6.45) is 1.48. The molecule has 0 radical (unpaired) electrons. The summed E-state index contributed by atoms with van der Waals surface area (Å²) in [5.74, 6) is -0.235. The van der Waals surface area contributed by atoms with E-state index in [1.165, 1.54) is 6.08 Å². The highest BCUT2D eigenvalue weighted by atomic mass is 35.5. The second-order valence-electron chi connectivity index (χ2n) is 1.43. The zero-order valence-corrected chi connectivity index (χ0v) is 4.95. The van der Waals surface area contributed by atoms with E-state index in [-0.39, 0.29) is 5.92 Å². The quantitative estimate of drug-likeness (QED) is 0.390. The average molecular weight is 123 g/mol. The minimum absolute atomic E-state index is 0.235. The Morgan fingerprint density at radius 3 is 2.29 bits per heavy atom. The van der Waals surface area contributed by atoms with Crippen LogP contribution in [0.2, 0.25) is 0 Å². The van der Waals surface area contributed by atoms with Crippen molar-refractivity contribution in [1.29, 1.82) is 0 Å². The van der Waals surface area contributed by atoms with Crippen LogP contribution in [0, 0.1) is 5.92 Å². The third-order valence-electron chi connectivity index (χ3n) is 0.769. The second-order valence-corrected chi connectivity index (χ2v) is 1.85. The molecule has 0 saturated heterocycles. The summed E-state index contributed by atoms with van der Waals surface area (Å²) >= 11 is 4.99. The molecule has 0 aliphatic carbocycles. The molecule has 42 valence electrons. The highest BCUT2D eigenvalue weighted by Crippen LogP contribution is 2.10. The van der Waals surface area contributed by atoms with Crippen LogP contribution in [0.15, 0.2) is 12.7 Å². The highest BCUT2D eigenvalue weighted by Gasteiger charge is 2.05. The Labute approximate surface area is 48.0 Å². The summed E-state index contributed by atoms with van der Waals surface area (Å²) in [5, 5.41) is 0. The van der Waals surface area contributed by atoms with Crippen LogP contribution < -0.4 is 0 Å². The van der Waals surface area contributed by atoms with Gasteiger partial charge in [-0.1, -0.05) is 24.6 Å². The second kappa shape index (κ2) is 3.03. The third-order valence-corrected chi connectivity index (χ3v) is 1.17. The van der Waals surface area contributed by atoms with Gasteiger partial charge >= 0.3 is 0 Å². The van der Waals surface area contributed by atoms with Crippen molar-refractivity contribution < 1.29 is 4.39 Å². The molecule has 2 heteroatoms. The predicted octanol–water partition coefficient (Wildman–Crippen LogP) is 2.34. The number of hydrogen-bond acceptors (Lipinski definition) is 0. The zero-order valence-electron chi connectivity index (χ0n) is 4.20. The molecule has 0 aromatic carbocycles. The summed E-state index contributed by atoms with van der Waals surface area (Å²) in [6.45, 7) is 5.03. The van der Waals surface area contributed by atoms with Crippen LogP contribution >= 0.6 is 11.6 Å². The van der Waals surface area contributed by atoms with Crippen LogP contribution in [0.4, 0.5) is 4.39 Å². The van der Waals surface area contributed by atoms with Crippen LogP contribution in [0.3, 0.4) is 0 Å². The monoisotopic (exact) mass is 122 g/mol. The Morgan fingerprint density at radius 2 is 2.29 bits per heavy atom. The lowest BCUT2D eigenvalue weighted by molar-refractivity contribution is 0.379. The third kappa shape index (κ3) is 2.63. The van der Waals surface area contributed by atoms with Crippen LogP contribution in [0.1, 0.15) is 6.92 Å². The minimum Gasteiger partial charge on any atom is -0.229 e. The van der Waals surface area contributed by atoms with Crippen LogP contribution in [-0.4, -0.2) is 5.63 Å². The fraction of sp³-hybridized carbons (Fsp3) is 0.600. The lowest BCUT2D eigenvalue weighted by Gasteiger charge is -2.00. The van der Waals surface area contributed by atoms with Crippen molar-refractivity contribution >= 4 is 11.6 Å². The molecule has 0 aromatic heterocycles. The molecule has 0 N–H and O–H groups in total. The molecule has 2 unspecified atom stereocenters. The fourth-order valence-electron chi connectivity index (χ4n) is 0.103. The Morgan fingerprint density at radius 1 is 1.86 bits per heavy atom. The van der Waals surface area contributed by atoms with Gasteiger partial charge < -0.3 is 0 Å². The largest absolute Gasteiger partial charge is 0.229 e.